The average molecular weight is 335 g/mol. The molecular weight excluding hydrogens is 318 g/mol. The van der Waals surface area contributed by atoms with E-state index in [0.29, 0.717) is 5.71 Å². The molecule has 0 aliphatic heterocycles. The molecule has 124 valence electrons. The maximum atomic E-state index is 5.18. The fraction of sp³-hybridized carbons (Fsp3) is 0.0417. The number of ether oxygens (including phenoxy) is 1. The molecule has 0 atom stereocenters. The molecule has 26 heavy (non-hydrogen) atoms. The van der Waals surface area contributed by atoms with Gasteiger partial charge in [-0.15, -0.1) is 0 Å². The van der Waals surface area contributed by atoms with E-state index in [-0.39, 0.29) is 0 Å². The molecule has 2 nitrogen and oxygen atoms in total. The van der Waals surface area contributed by atoms with E-state index in [1.54, 1.807) is 7.11 Å². The molecule has 0 aliphatic rings. The number of hydrogen-bond donors (Lipinski definition) is 0. The number of aliphatic imine (C=N–C) groups is 1. The van der Waals surface area contributed by atoms with Crippen LogP contribution in [-0.4, -0.2) is 12.8 Å². The van der Waals surface area contributed by atoms with Gasteiger partial charge in [-0.3, -0.25) is 0 Å². The van der Waals surface area contributed by atoms with Crippen molar-refractivity contribution < 1.29 is 4.74 Å². The molecule has 3 rings (SSSR count). The smallest absolute Gasteiger partial charge is 0.164 e. The van der Waals surface area contributed by atoms with Gasteiger partial charge in [-0.1, -0.05) is 48.2 Å². The van der Waals surface area contributed by atoms with Crippen LogP contribution in [0, 0.1) is 23.7 Å². The lowest BCUT2D eigenvalue weighted by molar-refractivity contribution is 0.415. The van der Waals surface area contributed by atoms with E-state index in [0.717, 1.165) is 22.6 Å². The van der Waals surface area contributed by atoms with Gasteiger partial charge in [-0.05, 0) is 60.4 Å². The van der Waals surface area contributed by atoms with Crippen LogP contribution in [0.5, 0.6) is 5.75 Å². The minimum Gasteiger partial charge on any atom is -0.497 e. The Bertz CT molecular complexity index is 937. The highest BCUT2D eigenvalue weighted by Gasteiger charge is 1.95. The molecule has 3 aromatic rings. The van der Waals surface area contributed by atoms with Crippen molar-refractivity contribution in [1.82, 2.24) is 0 Å². The summed E-state index contributed by atoms with van der Waals surface area (Å²) in [6.45, 7) is 0. The summed E-state index contributed by atoms with van der Waals surface area (Å²) in [6, 6.07) is 27.1. The Labute approximate surface area is 154 Å². The molecule has 0 bridgehead atoms. The summed E-state index contributed by atoms with van der Waals surface area (Å²) < 4.78 is 5.18. The van der Waals surface area contributed by atoms with Crippen molar-refractivity contribution in [3.63, 3.8) is 0 Å². The molecule has 0 N–H and O–H groups in total. The highest BCUT2D eigenvalue weighted by molar-refractivity contribution is 6.14. The molecule has 0 spiro atoms. The Morgan fingerprint density at radius 1 is 0.692 bits per heavy atom. The van der Waals surface area contributed by atoms with Crippen LogP contribution >= 0.6 is 0 Å². The monoisotopic (exact) mass is 335 g/mol. The van der Waals surface area contributed by atoms with E-state index in [9.17, 15) is 0 Å². The van der Waals surface area contributed by atoms with E-state index in [1.807, 2.05) is 84.9 Å². The topological polar surface area (TPSA) is 21.6 Å². The van der Waals surface area contributed by atoms with Crippen LogP contribution in [0.3, 0.4) is 0 Å². The summed E-state index contributed by atoms with van der Waals surface area (Å²) in [5.74, 6) is 13.2. The SMILES string of the molecule is COc1ccc(N=C(C#Cc2ccccc2)C#Cc2ccccc2)cc1. The summed E-state index contributed by atoms with van der Waals surface area (Å²) in [6.07, 6.45) is 0. The second kappa shape index (κ2) is 8.92. The van der Waals surface area contributed by atoms with Crippen molar-refractivity contribution >= 4 is 11.4 Å². The molecule has 0 aliphatic carbocycles. The Morgan fingerprint density at radius 3 is 1.65 bits per heavy atom. The third-order valence-corrected chi connectivity index (χ3v) is 3.51. The first kappa shape index (κ1) is 17.1. The van der Waals surface area contributed by atoms with Gasteiger partial charge in [0.2, 0.25) is 0 Å². The summed E-state index contributed by atoms with van der Waals surface area (Å²) in [7, 11) is 1.64. The van der Waals surface area contributed by atoms with Crippen molar-refractivity contribution in [2.45, 2.75) is 0 Å². The predicted octanol–water partition coefficient (Wildman–Crippen LogP) is 4.87. The van der Waals surface area contributed by atoms with Crippen molar-refractivity contribution in [1.29, 1.82) is 0 Å². The van der Waals surface area contributed by atoms with Crippen molar-refractivity contribution in [2.75, 3.05) is 7.11 Å². The van der Waals surface area contributed by atoms with E-state index in [4.69, 9.17) is 4.74 Å². The average Bonchev–Trinajstić information content (AvgIpc) is 2.72. The minimum absolute atomic E-state index is 0.517. The summed E-state index contributed by atoms with van der Waals surface area (Å²) >= 11 is 0. The third kappa shape index (κ3) is 5.13. The molecule has 0 saturated heterocycles. The van der Waals surface area contributed by atoms with Crippen LogP contribution in [0.1, 0.15) is 11.1 Å². The lowest BCUT2D eigenvalue weighted by Crippen LogP contribution is -1.90. The quantitative estimate of drug-likeness (QED) is 0.483. The first-order chi connectivity index (χ1) is 12.8. The van der Waals surface area contributed by atoms with Crippen LogP contribution in [0.15, 0.2) is 89.9 Å². The van der Waals surface area contributed by atoms with E-state index < -0.39 is 0 Å². The van der Waals surface area contributed by atoms with Gasteiger partial charge in [0.15, 0.2) is 5.71 Å². The van der Waals surface area contributed by atoms with Gasteiger partial charge in [0.25, 0.3) is 0 Å². The zero-order valence-corrected chi connectivity index (χ0v) is 14.4. The zero-order chi connectivity index (χ0) is 18.0. The maximum absolute atomic E-state index is 5.18. The van der Waals surface area contributed by atoms with Crippen molar-refractivity contribution in [3.8, 4) is 29.4 Å². The second-order valence-electron chi connectivity index (χ2n) is 5.39. The molecule has 0 amide bonds. The molecule has 2 heteroatoms. The van der Waals surface area contributed by atoms with Gasteiger partial charge in [0.1, 0.15) is 5.75 Å². The minimum atomic E-state index is 0.517. The normalized spacial score (nSPS) is 9.12. The first-order valence-electron chi connectivity index (χ1n) is 8.20. The van der Waals surface area contributed by atoms with Gasteiger partial charge in [0, 0.05) is 11.1 Å². The second-order valence-corrected chi connectivity index (χ2v) is 5.39. The number of hydrogen-bond acceptors (Lipinski definition) is 2. The molecule has 0 heterocycles. The van der Waals surface area contributed by atoms with E-state index >= 15 is 0 Å². The Balaban J connectivity index is 1.94. The Hall–Kier alpha value is -3.75. The van der Waals surface area contributed by atoms with Gasteiger partial charge < -0.3 is 4.74 Å². The number of methoxy groups -OCH3 is 1. The highest BCUT2D eigenvalue weighted by Crippen LogP contribution is 2.17. The van der Waals surface area contributed by atoms with Crippen LogP contribution in [0.25, 0.3) is 0 Å². The van der Waals surface area contributed by atoms with Crippen molar-refractivity contribution in [2.24, 2.45) is 4.99 Å². The van der Waals surface area contributed by atoms with Gasteiger partial charge in [-0.2, -0.15) is 0 Å². The number of nitrogens with zero attached hydrogens (tertiary/aromatic N) is 1. The van der Waals surface area contributed by atoms with Gasteiger partial charge in [0.05, 0.1) is 12.8 Å². The molecule has 0 unspecified atom stereocenters. The first-order valence-corrected chi connectivity index (χ1v) is 8.20. The summed E-state index contributed by atoms with van der Waals surface area (Å²) in [4.78, 5) is 4.58. The van der Waals surface area contributed by atoms with Crippen LogP contribution < -0.4 is 4.74 Å². The molecule has 0 radical (unpaired) electrons. The predicted molar refractivity (Wildman–Crippen MR) is 107 cm³/mol. The standard InChI is InChI=1S/C24H17NO/c1-26-24-18-16-23(17-19-24)25-22(14-12-20-8-4-2-5-9-20)15-13-21-10-6-3-7-11-21/h2-11,16-19H,1H3. The molecule has 0 fully saturated rings. The van der Waals surface area contributed by atoms with Crippen LogP contribution in [0.4, 0.5) is 5.69 Å². The van der Waals surface area contributed by atoms with Crippen LogP contribution in [0.2, 0.25) is 0 Å². The highest BCUT2D eigenvalue weighted by atomic mass is 16.5. The maximum Gasteiger partial charge on any atom is 0.164 e. The van der Waals surface area contributed by atoms with Gasteiger partial charge >= 0.3 is 0 Å². The molecular formula is C24H17NO. The molecule has 0 saturated carbocycles. The Kier molecular flexibility index (Phi) is 5.86. The lowest BCUT2D eigenvalue weighted by Gasteiger charge is -1.99. The summed E-state index contributed by atoms with van der Waals surface area (Å²) in [5.41, 5.74) is 3.15. The zero-order valence-electron chi connectivity index (χ0n) is 14.4. The molecule has 0 aromatic heterocycles. The largest absolute Gasteiger partial charge is 0.497 e. The third-order valence-electron chi connectivity index (χ3n) is 3.51. The van der Waals surface area contributed by atoms with E-state index in [1.165, 1.54) is 0 Å². The fourth-order valence-corrected chi connectivity index (χ4v) is 2.18. The van der Waals surface area contributed by atoms with Gasteiger partial charge in [-0.25, -0.2) is 4.99 Å². The van der Waals surface area contributed by atoms with Crippen LogP contribution in [-0.2, 0) is 0 Å². The van der Waals surface area contributed by atoms with E-state index in [2.05, 4.69) is 28.7 Å². The fourth-order valence-electron chi connectivity index (χ4n) is 2.18. The van der Waals surface area contributed by atoms with Crippen molar-refractivity contribution in [3.05, 3.63) is 96.1 Å². The number of benzene rings is 3. The number of rotatable bonds is 2. The Morgan fingerprint density at radius 2 is 1.19 bits per heavy atom. The lowest BCUT2D eigenvalue weighted by atomic mass is 10.2. The summed E-state index contributed by atoms with van der Waals surface area (Å²) in [5, 5.41) is 0. The molecule has 3 aromatic carbocycles.